The molecule has 0 radical (unpaired) electrons. The van der Waals surface area contributed by atoms with E-state index in [1.54, 1.807) is 6.92 Å². The number of carboxylic acid groups (broad SMARTS) is 1. The van der Waals surface area contributed by atoms with Crippen LogP contribution in [0.2, 0.25) is 5.02 Å². The molecule has 1 aromatic heterocycles. The van der Waals surface area contributed by atoms with E-state index in [-0.39, 0.29) is 22.0 Å². The molecule has 6 nitrogen and oxygen atoms in total. The predicted octanol–water partition coefficient (Wildman–Crippen LogP) is 2.39. The Kier molecular flexibility index (Phi) is 3.95. The number of rotatable bonds is 3. The molecule has 2 N–H and O–H groups in total. The van der Waals surface area contributed by atoms with Crippen LogP contribution < -0.4 is 5.32 Å². The van der Waals surface area contributed by atoms with Crippen molar-refractivity contribution < 1.29 is 14.7 Å². The van der Waals surface area contributed by atoms with Crippen molar-refractivity contribution in [2.75, 3.05) is 5.32 Å². The highest BCUT2D eigenvalue weighted by molar-refractivity contribution is 6.31. The third kappa shape index (κ3) is 3.30. The highest BCUT2D eigenvalue weighted by Gasteiger charge is 2.11. The van der Waals surface area contributed by atoms with Crippen molar-refractivity contribution in [3.63, 3.8) is 0 Å². The van der Waals surface area contributed by atoms with Crippen molar-refractivity contribution in [3.8, 4) is 0 Å². The van der Waals surface area contributed by atoms with Crippen LogP contribution in [0.25, 0.3) is 0 Å². The third-order valence-corrected chi connectivity index (χ3v) is 2.66. The zero-order chi connectivity index (χ0) is 14.7. The number of nitrogens with zero attached hydrogens (tertiary/aromatic N) is 2. The van der Waals surface area contributed by atoms with Crippen LogP contribution in [-0.2, 0) is 0 Å². The van der Waals surface area contributed by atoms with Crippen molar-refractivity contribution in [3.05, 3.63) is 52.6 Å². The lowest BCUT2D eigenvalue weighted by Gasteiger charge is -2.06. The molecule has 1 aromatic carbocycles. The van der Waals surface area contributed by atoms with E-state index in [1.807, 2.05) is 0 Å². The summed E-state index contributed by atoms with van der Waals surface area (Å²) in [5.41, 5.74) is 1.12. The van der Waals surface area contributed by atoms with E-state index in [4.69, 9.17) is 16.7 Å². The number of hydrogen-bond donors (Lipinski definition) is 2. The number of amides is 1. The van der Waals surface area contributed by atoms with E-state index in [0.717, 1.165) is 0 Å². The van der Waals surface area contributed by atoms with Gasteiger partial charge in [-0.3, -0.25) is 4.79 Å². The van der Waals surface area contributed by atoms with Gasteiger partial charge in [0.25, 0.3) is 5.91 Å². The Morgan fingerprint density at radius 2 is 1.95 bits per heavy atom. The number of carbonyl (C=O) groups is 2. The second kappa shape index (κ2) is 5.66. The van der Waals surface area contributed by atoms with Gasteiger partial charge < -0.3 is 10.4 Å². The van der Waals surface area contributed by atoms with Gasteiger partial charge in [-0.2, -0.15) is 0 Å². The summed E-state index contributed by atoms with van der Waals surface area (Å²) in [4.78, 5) is 30.6. The standard InChI is InChI=1S/C13H10ClN3O3/c1-7-2-11(16-6-15-7)12(18)17-10-4-8(13(19)20)3-9(14)5-10/h2-6H,1H3,(H,17,18)(H,19,20). The van der Waals surface area contributed by atoms with Crippen molar-refractivity contribution >= 4 is 29.2 Å². The molecule has 0 atom stereocenters. The number of benzene rings is 1. The molecule has 0 fully saturated rings. The number of aromatic nitrogens is 2. The van der Waals surface area contributed by atoms with Crippen LogP contribution in [0, 0.1) is 6.92 Å². The number of carboxylic acids is 1. The van der Waals surface area contributed by atoms with Gasteiger partial charge in [0.2, 0.25) is 0 Å². The smallest absolute Gasteiger partial charge is 0.335 e. The van der Waals surface area contributed by atoms with Crippen LogP contribution in [0.1, 0.15) is 26.5 Å². The minimum absolute atomic E-state index is 0.00771. The average Bonchev–Trinajstić information content (AvgIpc) is 2.37. The summed E-state index contributed by atoms with van der Waals surface area (Å²) >= 11 is 5.81. The second-order valence-corrected chi connectivity index (χ2v) is 4.47. The highest BCUT2D eigenvalue weighted by Crippen LogP contribution is 2.19. The zero-order valence-corrected chi connectivity index (χ0v) is 11.2. The van der Waals surface area contributed by atoms with Crippen LogP contribution >= 0.6 is 11.6 Å². The van der Waals surface area contributed by atoms with E-state index in [9.17, 15) is 9.59 Å². The topological polar surface area (TPSA) is 92.2 Å². The van der Waals surface area contributed by atoms with Gasteiger partial charge in [-0.15, -0.1) is 0 Å². The Morgan fingerprint density at radius 3 is 2.60 bits per heavy atom. The third-order valence-electron chi connectivity index (χ3n) is 2.44. The maximum atomic E-state index is 12.0. The summed E-state index contributed by atoms with van der Waals surface area (Å²) in [6, 6.07) is 5.60. The molecule has 7 heteroatoms. The van der Waals surface area contributed by atoms with Gasteiger partial charge in [0.05, 0.1) is 5.56 Å². The van der Waals surface area contributed by atoms with Crippen molar-refractivity contribution in [2.24, 2.45) is 0 Å². The second-order valence-electron chi connectivity index (χ2n) is 4.03. The normalized spacial score (nSPS) is 10.1. The fourth-order valence-electron chi connectivity index (χ4n) is 1.56. The summed E-state index contributed by atoms with van der Waals surface area (Å²) in [6.07, 6.45) is 1.28. The lowest BCUT2D eigenvalue weighted by atomic mass is 10.2. The van der Waals surface area contributed by atoms with Gasteiger partial charge in [0.15, 0.2) is 0 Å². The molecule has 2 aromatic rings. The molecule has 2 rings (SSSR count). The summed E-state index contributed by atoms with van der Waals surface area (Å²) in [5, 5.41) is 11.7. The molecule has 0 aliphatic carbocycles. The van der Waals surface area contributed by atoms with E-state index in [0.29, 0.717) is 5.69 Å². The molecule has 0 aliphatic rings. The van der Waals surface area contributed by atoms with Gasteiger partial charge in [0.1, 0.15) is 12.0 Å². The number of aryl methyl sites for hydroxylation is 1. The molecule has 1 amide bonds. The Balaban J connectivity index is 2.26. The Morgan fingerprint density at radius 1 is 1.20 bits per heavy atom. The van der Waals surface area contributed by atoms with Crippen molar-refractivity contribution in [1.82, 2.24) is 9.97 Å². The first kappa shape index (κ1) is 14.0. The van der Waals surface area contributed by atoms with Gasteiger partial charge in [-0.05, 0) is 31.2 Å². The van der Waals surface area contributed by atoms with E-state index in [2.05, 4.69) is 15.3 Å². The van der Waals surface area contributed by atoms with E-state index in [1.165, 1.54) is 30.6 Å². The monoisotopic (exact) mass is 291 g/mol. The number of carbonyl (C=O) groups excluding carboxylic acids is 1. The first-order valence-corrected chi connectivity index (χ1v) is 5.97. The molecule has 0 unspecified atom stereocenters. The zero-order valence-electron chi connectivity index (χ0n) is 10.4. The molecular weight excluding hydrogens is 282 g/mol. The fourth-order valence-corrected chi connectivity index (χ4v) is 1.79. The summed E-state index contributed by atoms with van der Waals surface area (Å²) in [6.45, 7) is 1.74. The number of halogens is 1. The number of aromatic carboxylic acids is 1. The first-order chi connectivity index (χ1) is 9.45. The quantitative estimate of drug-likeness (QED) is 0.906. The van der Waals surface area contributed by atoms with E-state index < -0.39 is 11.9 Å². The number of nitrogens with one attached hydrogen (secondary N) is 1. The van der Waals surface area contributed by atoms with Crippen LogP contribution in [0.3, 0.4) is 0 Å². The lowest BCUT2D eigenvalue weighted by molar-refractivity contribution is 0.0696. The molecule has 0 spiro atoms. The van der Waals surface area contributed by atoms with Crippen LogP contribution in [0.4, 0.5) is 5.69 Å². The maximum Gasteiger partial charge on any atom is 0.335 e. The summed E-state index contributed by atoms with van der Waals surface area (Å²) in [5.74, 6) is -1.59. The molecule has 0 bridgehead atoms. The Labute approximate surface area is 119 Å². The highest BCUT2D eigenvalue weighted by atomic mass is 35.5. The Bertz CT molecular complexity index is 688. The summed E-state index contributed by atoms with van der Waals surface area (Å²) in [7, 11) is 0. The van der Waals surface area contributed by atoms with Crippen LogP contribution in [0.15, 0.2) is 30.6 Å². The average molecular weight is 292 g/mol. The molecular formula is C13H10ClN3O3. The molecule has 0 saturated heterocycles. The fraction of sp³-hybridized carbons (Fsp3) is 0.0769. The van der Waals surface area contributed by atoms with Gasteiger partial charge >= 0.3 is 5.97 Å². The maximum absolute atomic E-state index is 12.0. The SMILES string of the molecule is Cc1cc(C(=O)Nc2cc(Cl)cc(C(=O)O)c2)ncn1. The van der Waals surface area contributed by atoms with Crippen LogP contribution in [-0.4, -0.2) is 27.0 Å². The van der Waals surface area contributed by atoms with E-state index >= 15 is 0 Å². The van der Waals surface area contributed by atoms with Crippen LogP contribution in [0.5, 0.6) is 0 Å². The minimum atomic E-state index is -1.12. The minimum Gasteiger partial charge on any atom is -0.478 e. The number of hydrogen-bond acceptors (Lipinski definition) is 4. The molecule has 0 saturated carbocycles. The number of anilines is 1. The van der Waals surface area contributed by atoms with Gasteiger partial charge in [-0.25, -0.2) is 14.8 Å². The molecule has 0 aliphatic heterocycles. The van der Waals surface area contributed by atoms with Crippen molar-refractivity contribution in [1.29, 1.82) is 0 Å². The van der Waals surface area contributed by atoms with Crippen molar-refractivity contribution in [2.45, 2.75) is 6.92 Å². The summed E-state index contributed by atoms with van der Waals surface area (Å²) < 4.78 is 0. The predicted molar refractivity (Wildman–Crippen MR) is 73.1 cm³/mol. The Hall–Kier alpha value is -2.47. The molecule has 20 heavy (non-hydrogen) atoms. The van der Waals surface area contributed by atoms with Gasteiger partial charge in [-0.1, -0.05) is 11.6 Å². The lowest BCUT2D eigenvalue weighted by Crippen LogP contribution is -2.14. The first-order valence-electron chi connectivity index (χ1n) is 5.59. The molecule has 1 heterocycles. The van der Waals surface area contributed by atoms with Gasteiger partial charge in [0, 0.05) is 16.4 Å². The molecule has 102 valence electrons. The largest absolute Gasteiger partial charge is 0.478 e.